The van der Waals surface area contributed by atoms with Gasteiger partial charge in [-0.05, 0) is 97.7 Å². The number of hydrogen-bond acceptors (Lipinski definition) is 15. The Morgan fingerprint density at radius 3 is 1.95 bits per heavy atom. The van der Waals surface area contributed by atoms with E-state index in [0.29, 0.717) is 23.7 Å². The van der Waals surface area contributed by atoms with Gasteiger partial charge in [0.05, 0.1) is 35.9 Å². The van der Waals surface area contributed by atoms with Gasteiger partial charge in [-0.1, -0.05) is 91.8 Å². The number of ketones is 1. The topological polar surface area (TPSA) is 212 Å². The molecule has 1 amide bonds. The maximum absolute atomic E-state index is 16.6. The predicted molar refractivity (Wildman–Crippen MR) is 282 cm³/mol. The Kier molecular flexibility index (Phi) is 16.3. The van der Waals surface area contributed by atoms with Crippen molar-refractivity contribution in [2.45, 2.75) is 186 Å². The van der Waals surface area contributed by atoms with E-state index in [4.69, 9.17) is 37.0 Å². The molecule has 75 heavy (non-hydrogen) atoms. The predicted octanol–water partition coefficient (Wildman–Crippen LogP) is 9.39. The number of furan rings is 1. The van der Waals surface area contributed by atoms with Crippen molar-refractivity contribution in [1.82, 2.24) is 5.32 Å². The molecule has 3 aromatic rings. The minimum atomic E-state index is -2.96. The third-order valence-corrected chi connectivity index (χ3v) is 26.8. The fourth-order valence-corrected chi connectivity index (χ4v) is 16.2. The van der Waals surface area contributed by atoms with Crippen LogP contribution in [0.2, 0.25) is 36.3 Å². The Balaban J connectivity index is 1.48. The first-order valence-corrected chi connectivity index (χ1v) is 31.7. The number of fused-ring (bicyclic) bond motifs is 5. The number of nitrogens with one attached hydrogen (secondary N) is 1. The lowest BCUT2D eigenvalue weighted by Gasteiger charge is -2.68. The standard InChI is InChI=1S/C57H77NO15Si2/c1-15-75(16-2,17-3)72-41-31-42-56(33-67-42,71-36(6)60)47-49(70-51(63)38-27-22-19-23-28-38)57(65)32-40(34(4)43(54(57,10)11)45(68-35(5)59)48(61)55(41,47)12)69-52(64)46(73-74(13,14)53(7,8)9)44(39-29-24-30-66-39)58-50(62)37-25-20-18-21-26-37/h18-30,40-42,44-47,49,65H,15-17,31-33H2,1-14H3,(H,58,62)/t40-,41-,42+,44-,45+,46+,47-,49-,55+,56-,57+/m0/s1. The molecule has 408 valence electrons. The number of carbonyl (C=O) groups is 6. The second-order valence-corrected chi connectivity index (χ2v) is 32.6. The Morgan fingerprint density at radius 1 is 0.840 bits per heavy atom. The van der Waals surface area contributed by atoms with Crippen LogP contribution >= 0.6 is 0 Å². The van der Waals surface area contributed by atoms with Crippen molar-refractivity contribution in [3.05, 3.63) is 107 Å². The molecule has 16 nitrogen and oxygen atoms in total. The average molecular weight is 1070 g/mol. The zero-order chi connectivity index (χ0) is 55.3. The fraction of sp³-hybridized carbons (Fsp3) is 0.579. The highest BCUT2D eigenvalue weighted by Gasteiger charge is 2.79. The molecule has 4 aliphatic rings. The summed E-state index contributed by atoms with van der Waals surface area (Å²) in [6, 6.07) is 20.7. The van der Waals surface area contributed by atoms with Crippen LogP contribution in [0.1, 0.15) is 128 Å². The smallest absolute Gasteiger partial charge is 0.338 e. The van der Waals surface area contributed by atoms with Gasteiger partial charge in [-0.15, -0.1) is 0 Å². The zero-order valence-corrected chi connectivity index (χ0v) is 48.0. The SMILES string of the molecule is CC[Si](CC)(CC)O[C@H]1C[C@H]2OC[C@@]2(OC(C)=O)[C@H]2[C@H](OC(=O)c3ccccc3)[C@]3(O)C[C@H](OC(=O)[C@H](O[Si](C)(C)C(C)(C)C)[C@@H](NC(=O)c4ccccc4)c4ccco4)C(C)=C([C@@H](OC(C)=O)C(=O)[C@]12C)C3(C)C. The van der Waals surface area contributed by atoms with Crippen molar-refractivity contribution in [2.75, 3.05) is 6.61 Å². The Labute approximate surface area is 443 Å². The van der Waals surface area contributed by atoms with Crippen LogP contribution in [0.4, 0.5) is 0 Å². The number of benzene rings is 2. The Morgan fingerprint density at radius 2 is 1.44 bits per heavy atom. The monoisotopic (exact) mass is 1070 g/mol. The van der Waals surface area contributed by atoms with E-state index in [0.717, 1.165) is 0 Å². The quantitative estimate of drug-likeness (QED) is 0.0558. The van der Waals surface area contributed by atoms with E-state index >= 15 is 9.59 Å². The average Bonchev–Trinajstić information content (AvgIpc) is 3.90. The number of ether oxygens (including phenoxy) is 5. The number of rotatable bonds is 17. The fourth-order valence-electron chi connectivity index (χ4n) is 12.0. The van der Waals surface area contributed by atoms with Gasteiger partial charge >= 0.3 is 23.9 Å². The molecule has 3 fully saturated rings. The zero-order valence-electron chi connectivity index (χ0n) is 46.0. The van der Waals surface area contributed by atoms with Crippen LogP contribution < -0.4 is 5.32 Å². The highest BCUT2D eigenvalue weighted by atomic mass is 28.4. The molecular weight excluding hydrogens is 995 g/mol. The summed E-state index contributed by atoms with van der Waals surface area (Å²) >= 11 is 0. The van der Waals surface area contributed by atoms with Crippen molar-refractivity contribution in [3.8, 4) is 0 Å². The molecule has 18 heteroatoms. The highest BCUT2D eigenvalue weighted by Crippen LogP contribution is 2.65. The molecular formula is C57H77NO15Si2. The van der Waals surface area contributed by atoms with Crippen LogP contribution in [0.15, 0.2) is 94.6 Å². The van der Waals surface area contributed by atoms with Gasteiger partial charge in [0.25, 0.3) is 5.91 Å². The van der Waals surface area contributed by atoms with Gasteiger partial charge in [-0.25, -0.2) is 9.59 Å². The molecule has 11 atom stereocenters. The third-order valence-electron chi connectivity index (χ3n) is 17.7. The molecule has 7 rings (SSSR count). The summed E-state index contributed by atoms with van der Waals surface area (Å²) in [6.07, 6.45) is -7.30. The summed E-state index contributed by atoms with van der Waals surface area (Å²) in [5.74, 6) is -5.73. The molecule has 0 spiro atoms. The van der Waals surface area contributed by atoms with E-state index in [-0.39, 0.29) is 35.5 Å². The van der Waals surface area contributed by atoms with Gasteiger partial charge in [0, 0.05) is 37.7 Å². The van der Waals surface area contributed by atoms with Gasteiger partial charge in [0.15, 0.2) is 40.2 Å². The third kappa shape index (κ3) is 10.3. The maximum Gasteiger partial charge on any atom is 0.338 e. The lowest BCUT2D eigenvalue weighted by atomic mass is 9.44. The van der Waals surface area contributed by atoms with Gasteiger partial charge in [0.1, 0.15) is 35.7 Å². The van der Waals surface area contributed by atoms with E-state index in [1.54, 1.807) is 100 Å². The maximum atomic E-state index is 16.6. The second kappa shape index (κ2) is 21.3. The Bertz CT molecular complexity index is 2640. The minimum absolute atomic E-state index is 0.0836. The van der Waals surface area contributed by atoms with E-state index in [2.05, 4.69) is 26.1 Å². The van der Waals surface area contributed by atoms with Gasteiger partial charge in [-0.3, -0.25) is 19.2 Å². The first-order chi connectivity index (χ1) is 35.1. The second-order valence-electron chi connectivity index (χ2n) is 23.1. The highest BCUT2D eigenvalue weighted by molar-refractivity contribution is 6.74. The summed E-state index contributed by atoms with van der Waals surface area (Å²) in [4.78, 5) is 88.2. The van der Waals surface area contributed by atoms with E-state index < -0.39 is 134 Å². The number of hydrogen-bond donors (Lipinski definition) is 2. The molecule has 2 saturated carbocycles. The van der Waals surface area contributed by atoms with Crippen molar-refractivity contribution in [1.29, 1.82) is 0 Å². The lowest BCUT2D eigenvalue weighted by molar-refractivity contribution is -0.344. The molecule has 0 radical (unpaired) electrons. The normalized spacial score (nSPS) is 29.2. The minimum Gasteiger partial charge on any atom is -0.467 e. The molecule has 1 aliphatic heterocycles. The molecule has 2 heterocycles. The molecule has 2 aromatic carbocycles. The molecule has 1 saturated heterocycles. The van der Waals surface area contributed by atoms with Crippen LogP contribution in [0, 0.1) is 16.7 Å². The summed E-state index contributed by atoms with van der Waals surface area (Å²) in [5.41, 5.74) is -6.67. The summed E-state index contributed by atoms with van der Waals surface area (Å²) in [7, 11) is -5.62. The van der Waals surface area contributed by atoms with Crippen LogP contribution in [0.5, 0.6) is 0 Å². The lowest BCUT2D eigenvalue weighted by Crippen LogP contribution is -2.82. The first-order valence-electron chi connectivity index (χ1n) is 26.3. The van der Waals surface area contributed by atoms with E-state index in [9.17, 15) is 24.3 Å². The molecule has 2 bridgehead atoms. The van der Waals surface area contributed by atoms with Gasteiger partial charge < -0.3 is 47.4 Å². The first kappa shape index (κ1) is 57.5. The van der Waals surface area contributed by atoms with Crippen LogP contribution in [0.25, 0.3) is 0 Å². The van der Waals surface area contributed by atoms with Gasteiger partial charge in [0.2, 0.25) is 0 Å². The van der Waals surface area contributed by atoms with Crippen molar-refractivity contribution < 1.29 is 70.8 Å². The molecule has 2 N–H and O–H groups in total. The van der Waals surface area contributed by atoms with E-state index in [1.807, 2.05) is 33.9 Å². The van der Waals surface area contributed by atoms with Gasteiger partial charge in [-0.2, -0.15) is 0 Å². The molecule has 3 aliphatic carbocycles. The largest absolute Gasteiger partial charge is 0.467 e. The number of esters is 4. The van der Waals surface area contributed by atoms with Crippen LogP contribution in [-0.2, 0) is 51.7 Å². The Hall–Kier alpha value is -5.25. The van der Waals surface area contributed by atoms with Crippen LogP contribution in [0.3, 0.4) is 0 Å². The van der Waals surface area contributed by atoms with Crippen molar-refractivity contribution in [2.24, 2.45) is 16.7 Å². The number of amides is 1. The van der Waals surface area contributed by atoms with Crippen molar-refractivity contribution >= 4 is 52.2 Å². The van der Waals surface area contributed by atoms with Crippen molar-refractivity contribution in [3.63, 3.8) is 0 Å². The van der Waals surface area contributed by atoms with E-state index in [1.165, 1.54) is 20.1 Å². The van der Waals surface area contributed by atoms with Crippen LogP contribution in [-0.4, -0.2) is 112 Å². The number of aliphatic hydroxyl groups is 1. The molecule has 0 unspecified atom stereocenters. The number of carbonyl (C=O) groups excluding carboxylic acids is 6. The number of Topliss-reactive ketones (excluding diaryl/α,β-unsaturated/α-hetero) is 1. The summed E-state index contributed by atoms with van der Waals surface area (Å²) < 4.78 is 52.7. The molecule has 1 aromatic heterocycles. The summed E-state index contributed by atoms with van der Waals surface area (Å²) in [6.45, 7) is 24.9. The summed E-state index contributed by atoms with van der Waals surface area (Å²) in [5, 5.41) is 16.9.